The topological polar surface area (TPSA) is 67.9 Å². The van der Waals surface area contributed by atoms with E-state index in [0.29, 0.717) is 22.6 Å². The smallest absolute Gasteiger partial charge is 0.278 e. The van der Waals surface area contributed by atoms with Crippen LogP contribution in [0.5, 0.6) is 11.5 Å². The summed E-state index contributed by atoms with van der Waals surface area (Å²) in [5, 5.41) is 3.15. The molecule has 31 heavy (non-hydrogen) atoms. The molecule has 2 amide bonds. The molecule has 0 aliphatic carbocycles. The average molecular weight is 414 g/mol. The SMILES string of the molecule is COc1ccc(C2=C(Nc3ccccc3)C(=O)N(Cc3ccccc3OC)C2=O)cc1. The van der Waals surface area contributed by atoms with Crippen molar-refractivity contribution in [2.75, 3.05) is 19.5 Å². The summed E-state index contributed by atoms with van der Waals surface area (Å²) in [6.07, 6.45) is 0. The number of carbonyl (C=O) groups excluding carboxylic acids is 2. The standard InChI is InChI=1S/C25H22N2O4/c1-30-20-14-12-17(13-15-20)22-23(26-19-9-4-3-5-10-19)25(29)27(24(22)28)16-18-8-6-7-11-21(18)31-2/h3-15,26H,16H2,1-2H3. The monoisotopic (exact) mass is 414 g/mol. The minimum Gasteiger partial charge on any atom is -0.497 e. The van der Waals surface area contributed by atoms with Gasteiger partial charge in [-0.15, -0.1) is 0 Å². The molecular formula is C25H22N2O4. The quantitative estimate of drug-likeness (QED) is 0.590. The first-order valence-corrected chi connectivity index (χ1v) is 9.81. The highest BCUT2D eigenvalue weighted by Gasteiger charge is 2.39. The predicted octanol–water partition coefficient (Wildman–Crippen LogP) is 4.10. The number of amides is 2. The van der Waals surface area contributed by atoms with Gasteiger partial charge in [-0.05, 0) is 35.9 Å². The summed E-state index contributed by atoms with van der Waals surface area (Å²) in [7, 11) is 3.14. The van der Waals surface area contributed by atoms with E-state index in [4.69, 9.17) is 9.47 Å². The minimum absolute atomic E-state index is 0.112. The van der Waals surface area contributed by atoms with Crippen molar-refractivity contribution < 1.29 is 19.1 Å². The minimum atomic E-state index is -0.384. The van der Waals surface area contributed by atoms with Gasteiger partial charge in [0, 0.05) is 11.3 Å². The first-order valence-electron chi connectivity index (χ1n) is 9.81. The maximum Gasteiger partial charge on any atom is 0.278 e. The van der Waals surface area contributed by atoms with E-state index < -0.39 is 0 Å². The number of hydrogen-bond acceptors (Lipinski definition) is 5. The van der Waals surface area contributed by atoms with E-state index in [2.05, 4.69) is 5.32 Å². The molecule has 0 saturated carbocycles. The Bertz CT molecular complexity index is 1140. The van der Waals surface area contributed by atoms with Crippen LogP contribution in [0.1, 0.15) is 11.1 Å². The lowest BCUT2D eigenvalue weighted by Crippen LogP contribution is -2.32. The maximum atomic E-state index is 13.4. The van der Waals surface area contributed by atoms with Gasteiger partial charge in [-0.1, -0.05) is 48.5 Å². The molecule has 6 heteroatoms. The van der Waals surface area contributed by atoms with Crippen LogP contribution in [0.3, 0.4) is 0 Å². The molecule has 0 radical (unpaired) electrons. The highest BCUT2D eigenvalue weighted by Crippen LogP contribution is 2.33. The van der Waals surface area contributed by atoms with Gasteiger partial charge in [0.25, 0.3) is 11.8 Å². The number of para-hydroxylation sites is 2. The largest absolute Gasteiger partial charge is 0.497 e. The van der Waals surface area contributed by atoms with Crippen LogP contribution in [0, 0.1) is 0 Å². The highest BCUT2D eigenvalue weighted by atomic mass is 16.5. The van der Waals surface area contributed by atoms with E-state index in [1.165, 1.54) is 4.90 Å². The number of nitrogens with zero attached hydrogens (tertiary/aromatic N) is 1. The Morgan fingerprint density at radius 2 is 1.45 bits per heavy atom. The van der Waals surface area contributed by atoms with Gasteiger partial charge in [-0.2, -0.15) is 0 Å². The fourth-order valence-electron chi connectivity index (χ4n) is 3.53. The summed E-state index contributed by atoms with van der Waals surface area (Å²) >= 11 is 0. The third kappa shape index (κ3) is 4.00. The summed E-state index contributed by atoms with van der Waals surface area (Å²) < 4.78 is 10.6. The normalized spacial score (nSPS) is 13.5. The Hall–Kier alpha value is -4.06. The summed E-state index contributed by atoms with van der Waals surface area (Å²) in [6.45, 7) is 0.112. The average Bonchev–Trinajstić information content (AvgIpc) is 3.04. The van der Waals surface area contributed by atoms with Crippen LogP contribution >= 0.6 is 0 Å². The molecular weight excluding hydrogens is 392 g/mol. The second-order valence-corrected chi connectivity index (χ2v) is 6.98. The van der Waals surface area contributed by atoms with E-state index in [9.17, 15) is 9.59 Å². The van der Waals surface area contributed by atoms with Crippen molar-refractivity contribution >= 4 is 23.1 Å². The molecule has 0 bridgehead atoms. The number of rotatable bonds is 7. The van der Waals surface area contributed by atoms with Crippen molar-refractivity contribution in [1.29, 1.82) is 0 Å². The Balaban J connectivity index is 1.74. The molecule has 3 aromatic carbocycles. The van der Waals surface area contributed by atoms with Crippen molar-refractivity contribution in [3.63, 3.8) is 0 Å². The summed E-state index contributed by atoms with van der Waals surface area (Å²) in [5.41, 5.74) is 2.69. The fraction of sp³-hybridized carbons (Fsp3) is 0.120. The van der Waals surface area contributed by atoms with Crippen LogP contribution < -0.4 is 14.8 Å². The lowest BCUT2D eigenvalue weighted by molar-refractivity contribution is -0.137. The molecule has 4 rings (SSSR count). The highest BCUT2D eigenvalue weighted by molar-refractivity contribution is 6.36. The molecule has 0 unspecified atom stereocenters. The lowest BCUT2D eigenvalue weighted by Gasteiger charge is -2.17. The number of hydrogen-bond donors (Lipinski definition) is 1. The van der Waals surface area contributed by atoms with E-state index in [0.717, 1.165) is 11.3 Å². The molecule has 6 nitrogen and oxygen atoms in total. The zero-order valence-corrected chi connectivity index (χ0v) is 17.3. The fourth-order valence-corrected chi connectivity index (χ4v) is 3.53. The van der Waals surface area contributed by atoms with E-state index in [1.54, 1.807) is 44.6 Å². The van der Waals surface area contributed by atoms with Gasteiger partial charge < -0.3 is 14.8 Å². The molecule has 0 atom stereocenters. The number of benzene rings is 3. The number of nitrogens with one attached hydrogen (secondary N) is 1. The van der Waals surface area contributed by atoms with Crippen LogP contribution in [0.4, 0.5) is 5.69 Å². The number of carbonyl (C=O) groups is 2. The van der Waals surface area contributed by atoms with Gasteiger partial charge in [-0.25, -0.2) is 0 Å². The molecule has 3 aromatic rings. The van der Waals surface area contributed by atoms with E-state index in [-0.39, 0.29) is 24.1 Å². The van der Waals surface area contributed by atoms with Crippen LogP contribution in [0.15, 0.2) is 84.6 Å². The molecule has 1 aliphatic rings. The third-order valence-corrected chi connectivity index (χ3v) is 5.11. The molecule has 0 fully saturated rings. The third-order valence-electron chi connectivity index (χ3n) is 5.11. The van der Waals surface area contributed by atoms with Crippen molar-refractivity contribution in [2.45, 2.75) is 6.54 Å². The molecule has 1 aliphatic heterocycles. The van der Waals surface area contributed by atoms with Gasteiger partial charge in [0.15, 0.2) is 0 Å². The van der Waals surface area contributed by atoms with E-state index >= 15 is 0 Å². The van der Waals surface area contributed by atoms with Crippen LogP contribution in [-0.2, 0) is 16.1 Å². The molecule has 156 valence electrons. The van der Waals surface area contributed by atoms with E-state index in [1.807, 2.05) is 48.5 Å². The lowest BCUT2D eigenvalue weighted by atomic mass is 10.0. The second kappa shape index (κ2) is 8.75. The first-order chi connectivity index (χ1) is 15.1. The van der Waals surface area contributed by atoms with Gasteiger partial charge >= 0.3 is 0 Å². The Labute approximate surface area is 180 Å². The molecule has 1 N–H and O–H groups in total. The van der Waals surface area contributed by atoms with Crippen molar-refractivity contribution in [2.24, 2.45) is 0 Å². The first kappa shape index (κ1) is 20.2. The second-order valence-electron chi connectivity index (χ2n) is 6.98. The zero-order valence-electron chi connectivity index (χ0n) is 17.3. The van der Waals surface area contributed by atoms with Crippen molar-refractivity contribution in [1.82, 2.24) is 4.90 Å². The van der Waals surface area contributed by atoms with Crippen molar-refractivity contribution in [3.8, 4) is 11.5 Å². The predicted molar refractivity (Wildman–Crippen MR) is 119 cm³/mol. The maximum absolute atomic E-state index is 13.4. The number of imide groups is 1. The number of anilines is 1. The Morgan fingerprint density at radius 1 is 0.774 bits per heavy atom. The summed E-state index contributed by atoms with van der Waals surface area (Å²) in [5.74, 6) is 0.549. The number of ether oxygens (including phenoxy) is 2. The van der Waals surface area contributed by atoms with Crippen LogP contribution in [0.2, 0.25) is 0 Å². The van der Waals surface area contributed by atoms with Crippen molar-refractivity contribution in [3.05, 3.63) is 95.7 Å². The van der Waals surface area contributed by atoms with Gasteiger partial charge in [-0.3, -0.25) is 14.5 Å². The van der Waals surface area contributed by atoms with Gasteiger partial charge in [0.05, 0.1) is 26.3 Å². The summed E-state index contributed by atoms with van der Waals surface area (Å²) in [4.78, 5) is 28.0. The Kier molecular flexibility index (Phi) is 5.71. The number of methoxy groups -OCH3 is 2. The molecule has 1 heterocycles. The van der Waals surface area contributed by atoms with Crippen LogP contribution in [-0.4, -0.2) is 30.9 Å². The molecule has 0 spiro atoms. The van der Waals surface area contributed by atoms with Gasteiger partial charge in [0.2, 0.25) is 0 Å². The zero-order chi connectivity index (χ0) is 21.8. The molecule has 0 aromatic heterocycles. The molecule has 0 saturated heterocycles. The van der Waals surface area contributed by atoms with Gasteiger partial charge in [0.1, 0.15) is 17.2 Å². The summed E-state index contributed by atoms with van der Waals surface area (Å²) in [6, 6.07) is 23.7. The van der Waals surface area contributed by atoms with Crippen LogP contribution in [0.25, 0.3) is 5.57 Å². The Morgan fingerprint density at radius 3 is 2.13 bits per heavy atom.